The minimum atomic E-state index is 0.0116. The highest BCUT2D eigenvalue weighted by molar-refractivity contribution is 5.42. The molecule has 0 aliphatic carbocycles. The molecule has 2 atom stereocenters. The number of hydrogen-bond acceptors (Lipinski definition) is 5. The first-order valence-corrected chi connectivity index (χ1v) is 6.06. The second-order valence-electron chi connectivity index (χ2n) is 4.38. The largest absolute Gasteiger partial charge is 0.497 e. The first-order chi connectivity index (χ1) is 8.80. The van der Waals surface area contributed by atoms with Crippen LogP contribution in [-0.2, 0) is 4.74 Å². The van der Waals surface area contributed by atoms with Gasteiger partial charge in [-0.15, -0.1) is 0 Å². The average molecular weight is 252 g/mol. The van der Waals surface area contributed by atoms with Gasteiger partial charge in [-0.25, -0.2) is 0 Å². The van der Waals surface area contributed by atoms with E-state index in [0.717, 1.165) is 36.7 Å². The Morgan fingerprint density at radius 1 is 1.39 bits per heavy atom. The third-order valence-electron chi connectivity index (χ3n) is 3.39. The Kier molecular flexibility index (Phi) is 4.41. The van der Waals surface area contributed by atoms with E-state index in [1.807, 2.05) is 18.2 Å². The zero-order valence-electron chi connectivity index (χ0n) is 10.8. The van der Waals surface area contributed by atoms with Gasteiger partial charge in [0.05, 0.1) is 26.9 Å². The molecule has 2 rings (SSSR count). The monoisotopic (exact) mass is 252 g/mol. The molecule has 5 heteroatoms. The molecule has 0 bridgehead atoms. The molecule has 1 heterocycles. The summed E-state index contributed by atoms with van der Waals surface area (Å²) in [6, 6.07) is 5.74. The summed E-state index contributed by atoms with van der Waals surface area (Å²) in [6.45, 7) is 1.50. The maximum atomic E-state index is 5.70. The summed E-state index contributed by atoms with van der Waals surface area (Å²) in [7, 11) is 3.30. The molecule has 1 aliphatic heterocycles. The normalized spacial score (nSPS) is 20.7. The van der Waals surface area contributed by atoms with E-state index in [4.69, 9.17) is 20.1 Å². The van der Waals surface area contributed by atoms with Crippen molar-refractivity contribution in [1.29, 1.82) is 0 Å². The lowest BCUT2D eigenvalue weighted by atomic mass is 9.92. The van der Waals surface area contributed by atoms with Gasteiger partial charge in [0.15, 0.2) is 0 Å². The lowest BCUT2D eigenvalue weighted by Crippen LogP contribution is -2.34. The number of benzene rings is 1. The first-order valence-electron chi connectivity index (χ1n) is 6.06. The molecule has 0 amide bonds. The molecule has 18 heavy (non-hydrogen) atoms. The molecule has 100 valence electrons. The summed E-state index contributed by atoms with van der Waals surface area (Å²) in [5.74, 6) is 7.66. The minimum absolute atomic E-state index is 0.0116. The zero-order chi connectivity index (χ0) is 13.0. The molecule has 0 saturated carbocycles. The van der Waals surface area contributed by atoms with E-state index in [-0.39, 0.29) is 6.04 Å². The van der Waals surface area contributed by atoms with Crippen molar-refractivity contribution < 1.29 is 14.2 Å². The van der Waals surface area contributed by atoms with Crippen molar-refractivity contribution in [1.82, 2.24) is 5.43 Å². The summed E-state index contributed by atoms with van der Waals surface area (Å²) in [5.41, 5.74) is 3.88. The zero-order valence-corrected chi connectivity index (χ0v) is 10.8. The molecular formula is C13H20N2O3. The maximum absolute atomic E-state index is 5.70. The fourth-order valence-corrected chi connectivity index (χ4v) is 2.38. The van der Waals surface area contributed by atoms with Crippen LogP contribution in [0.1, 0.15) is 18.0 Å². The second kappa shape index (κ2) is 6.04. The van der Waals surface area contributed by atoms with Crippen LogP contribution in [0.5, 0.6) is 11.5 Å². The number of rotatable bonds is 5. The van der Waals surface area contributed by atoms with Gasteiger partial charge in [-0.05, 0) is 24.6 Å². The van der Waals surface area contributed by atoms with Gasteiger partial charge in [0.2, 0.25) is 0 Å². The molecule has 3 N–H and O–H groups in total. The highest BCUT2D eigenvalue weighted by Crippen LogP contribution is 2.35. The lowest BCUT2D eigenvalue weighted by Gasteiger charge is -2.24. The van der Waals surface area contributed by atoms with Crippen LogP contribution in [0.2, 0.25) is 0 Å². The van der Waals surface area contributed by atoms with Gasteiger partial charge in [0.1, 0.15) is 11.5 Å². The van der Waals surface area contributed by atoms with E-state index in [2.05, 4.69) is 5.43 Å². The second-order valence-corrected chi connectivity index (χ2v) is 4.38. The Morgan fingerprint density at radius 2 is 2.22 bits per heavy atom. The predicted molar refractivity (Wildman–Crippen MR) is 68.5 cm³/mol. The van der Waals surface area contributed by atoms with Gasteiger partial charge >= 0.3 is 0 Å². The van der Waals surface area contributed by atoms with Crippen LogP contribution < -0.4 is 20.7 Å². The molecule has 1 fully saturated rings. The van der Waals surface area contributed by atoms with Gasteiger partial charge in [-0.2, -0.15) is 0 Å². The van der Waals surface area contributed by atoms with Crippen LogP contribution in [0.25, 0.3) is 0 Å². The lowest BCUT2D eigenvalue weighted by molar-refractivity contribution is 0.176. The highest BCUT2D eigenvalue weighted by Gasteiger charge is 2.28. The summed E-state index contributed by atoms with van der Waals surface area (Å²) in [5, 5.41) is 0. The first kappa shape index (κ1) is 13.1. The van der Waals surface area contributed by atoms with Gasteiger partial charge in [0.25, 0.3) is 0 Å². The average Bonchev–Trinajstić information content (AvgIpc) is 2.93. The molecule has 0 spiro atoms. The summed E-state index contributed by atoms with van der Waals surface area (Å²) >= 11 is 0. The van der Waals surface area contributed by atoms with Crippen molar-refractivity contribution in [2.24, 2.45) is 11.8 Å². The van der Waals surface area contributed by atoms with Gasteiger partial charge < -0.3 is 14.2 Å². The van der Waals surface area contributed by atoms with Gasteiger partial charge in [0, 0.05) is 18.1 Å². The molecule has 5 nitrogen and oxygen atoms in total. The number of ether oxygens (including phenoxy) is 3. The van der Waals surface area contributed by atoms with E-state index in [1.165, 1.54) is 0 Å². The van der Waals surface area contributed by atoms with Crippen LogP contribution in [0, 0.1) is 5.92 Å². The van der Waals surface area contributed by atoms with Gasteiger partial charge in [-0.3, -0.25) is 11.3 Å². The Labute approximate surface area is 107 Å². The predicted octanol–water partition coefficient (Wildman–Crippen LogP) is 1.24. The van der Waals surface area contributed by atoms with Crippen molar-refractivity contribution in [2.75, 3.05) is 27.4 Å². The van der Waals surface area contributed by atoms with Crippen LogP contribution >= 0.6 is 0 Å². The van der Waals surface area contributed by atoms with Crippen molar-refractivity contribution in [3.05, 3.63) is 23.8 Å². The molecule has 1 saturated heterocycles. The van der Waals surface area contributed by atoms with E-state index in [1.54, 1.807) is 14.2 Å². The van der Waals surface area contributed by atoms with Crippen LogP contribution in [0.3, 0.4) is 0 Å². The Bertz CT molecular complexity index is 392. The third-order valence-corrected chi connectivity index (χ3v) is 3.39. The Balaban J connectivity index is 2.32. The number of nitrogens with one attached hydrogen (secondary N) is 1. The molecular weight excluding hydrogens is 232 g/mol. The summed E-state index contributed by atoms with van der Waals surface area (Å²) in [4.78, 5) is 0. The van der Waals surface area contributed by atoms with Gasteiger partial charge in [-0.1, -0.05) is 0 Å². The number of nitrogens with two attached hydrogens (primary N) is 1. The Hall–Kier alpha value is -1.30. The van der Waals surface area contributed by atoms with E-state index < -0.39 is 0 Å². The highest BCUT2D eigenvalue weighted by atomic mass is 16.5. The third kappa shape index (κ3) is 2.58. The number of hydrazine groups is 1. The van der Waals surface area contributed by atoms with Crippen molar-refractivity contribution in [2.45, 2.75) is 12.5 Å². The molecule has 1 aromatic rings. The van der Waals surface area contributed by atoms with Crippen molar-refractivity contribution >= 4 is 0 Å². The molecule has 0 radical (unpaired) electrons. The van der Waals surface area contributed by atoms with Crippen LogP contribution in [0.15, 0.2) is 18.2 Å². The van der Waals surface area contributed by atoms with Crippen LogP contribution in [-0.4, -0.2) is 27.4 Å². The van der Waals surface area contributed by atoms with Crippen molar-refractivity contribution in [3.8, 4) is 11.5 Å². The molecule has 1 aliphatic rings. The number of methoxy groups -OCH3 is 2. The topological polar surface area (TPSA) is 65.7 Å². The molecule has 0 aromatic heterocycles. The summed E-state index contributed by atoms with van der Waals surface area (Å²) in [6.07, 6.45) is 0.995. The standard InChI is InChI=1S/C13H20N2O3/c1-16-10-3-4-12(17-2)11(7-10)13(15-14)9-5-6-18-8-9/h3-4,7,9,13,15H,5-6,8,14H2,1-2H3. The van der Waals surface area contributed by atoms with Crippen LogP contribution in [0.4, 0.5) is 0 Å². The van der Waals surface area contributed by atoms with E-state index in [0.29, 0.717) is 5.92 Å². The Morgan fingerprint density at radius 3 is 2.78 bits per heavy atom. The SMILES string of the molecule is COc1ccc(OC)c(C(NN)C2CCOC2)c1. The fraction of sp³-hybridized carbons (Fsp3) is 0.538. The van der Waals surface area contributed by atoms with Crippen molar-refractivity contribution in [3.63, 3.8) is 0 Å². The van der Waals surface area contributed by atoms with E-state index >= 15 is 0 Å². The quantitative estimate of drug-likeness (QED) is 0.610. The fourth-order valence-electron chi connectivity index (χ4n) is 2.38. The van der Waals surface area contributed by atoms with E-state index in [9.17, 15) is 0 Å². The summed E-state index contributed by atoms with van der Waals surface area (Å²) < 4.78 is 16.1. The maximum Gasteiger partial charge on any atom is 0.123 e. The minimum Gasteiger partial charge on any atom is -0.497 e. The smallest absolute Gasteiger partial charge is 0.123 e. The molecule has 1 aromatic carbocycles. The number of hydrogen-bond donors (Lipinski definition) is 2. The molecule has 2 unspecified atom stereocenters.